The van der Waals surface area contributed by atoms with Crippen LogP contribution >= 0.6 is 9.47 Å². The molecular weight excluding hydrogens is 251 g/mol. The number of hydrogen-bond acceptors (Lipinski definition) is 1. The first kappa shape index (κ1) is 18.2. The molecule has 0 N–H and O–H groups in total. The van der Waals surface area contributed by atoms with Gasteiger partial charge < -0.3 is 4.52 Å². The summed E-state index contributed by atoms with van der Waals surface area (Å²) >= 11 is 0. The van der Waals surface area contributed by atoms with Crippen molar-refractivity contribution in [2.24, 2.45) is 0 Å². The van der Waals surface area contributed by atoms with Crippen LogP contribution in [-0.4, -0.2) is 0 Å². The molecule has 0 aromatic heterocycles. The summed E-state index contributed by atoms with van der Waals surface area (Å²) in [5.74, 6) is 1.36. The van der Waals surface area contributed by atoms with Crippen LogP contribution in [0.1, 0.15) is 71.1 Å². The first-order chi connectivity index (χ1) is 8.81. The summed E-state index contributed by atoms with van der Waals surface area (Å²) < 4.78 is 5.44. The fraction of sp³-hybridized carbons (Fsp3) is 0.529. The van der Waals surface area contributed by atoms with Crippen molar-refractivity contribution in [3.05, 3.63) is 35.4 Å². The minimum Gasteiger partial charge on any atom is -0.479 e. The van der Waals surface area contributed by atoms with E-state index in [4.69, 9.17) is 4.52 Å². The lowest BCUT2D eigenvalue weighted by Gasteiger charge is -2.24. The van der Waals surface area contributed by atoms with Gasteiger partial charge in [-0.3, -0.25) is 0 Å². The molecule has 0 amide bonds. The van der Waals surface area contributed by atoms with Crippen molar-refractivity contribution >= 4 is 15.5 Å². The van der Waals surface area contributed by atoms with Crippen LogP contribution in [0.25, 0.3) is 6.08 Å². The second-order valence-electron chi connectivity index (χ2n) is 5.71. The predicted molar refractivity (Wildman–Crippen MR) is 91.0 cm³/mol. The fourth-order valence-corrected chi connectivity index (χ4v) is 2.10. The van der Waals surface area contributed by atoms with E-state index in [-0.39, 0.29) is 5.41 Å². The van der Waals surface area contributed by atoms with E-state index in [1.807, 2.05) is 19.9 Å². The SMILES string of the molecule is C=Cc1cc(C(C)(C)C)cc(C(C)C)c1OP.CC. The normalized spacial score (nSPS) is 10.8. The highest BCUT2D eigenvalue weighted by molar-refractivity contribution is 7.10. The highest BCUT2D eigenvalue weighted by atomic mass is 31.0. The van der Waals surface area contributed by atoms with Gasteiger partial charge in [-0.05, 0) is 28.5 Å². The van der Waals surface area contributed by atoms with Gasteiger partial charge in [-0.1, -0.05) is 67.2 Å². The van der Waals surface area contributed by atoms with Crippen molar-refractivity contribution in [1.29, 1.82) is 0 Å². The molecule has 0 aliphatic heterocycles. The number of rotatable bonds is 3. The maximum absolute atomic E-state index is 5.44. The summed E-state index contributed by atoms with van der Waals surface area (Å²) in [5, 5.41) is 0. The quantitative estimate of drug-likeness (QED) is 0.622. The summed E-state index contributed by atoms with van der Waals surface area (Å²) in [6, 6.07) is 4.41. The van der Waals surface area contributed by atoms with E-state index < -0.39 is 0 Å². The zero-order valence-corrected chi connectivity index (χ0v) is 14.7. The molecule has 1 atom stereocenters. The minimum absolute atomic E-state index is 0.140. The van der Waals surface area contributed by atoms with Gasteiger partial charge in [-0.15, -0.1) is 0 Å². The molecule has 0 bridgehead atoms. The standard InChI is InChI=1S/C15H23OP.C2H6/c1-7-11-8-12(15(4,5)6)9-13(10(2)3)14(11)16-17;1-2/h7-10H,1,17H2,2-6H3;1-2H3. The highest BCUT2D eigenvalue weighted by Crippen LogP contribution is 2.37. The molecule has 2 heteroatoms. The first-order valence-electron chi connectivity index (χ1n) is 6.98. The third-order valence-corrected chi connectivity index (χ3v) is 3.21. The number of hydrogen-bond donors (Lipinski definition) is 0. The van der Waals surface area contributed by atoms with E-state index in [1.54, 1.807) is 0 Å². The smallest absolute Gasteiger partial charge is 0.133 e. The van der Waals surface area contributed by atoms with E-state index in [1.165, 1.54) is 11.1 Å². The van der Waals surface area contributed by atoms with Crippen molar-refractivity contribution in [1.82, 2.24) is 0 Å². The zero-order valence-electron chi connectivity index (χ0n) is 13.5. The molecule has 0 aliphatic carbocycles. The van der Waals surface area contributed by atoms with Crippen LogP contribution in [0.5, 0.6) is 5.75 Å². The monoisotopic (exact) mass is 280 g/mol. The Kier molecular flexibility index (Phi) is 7.37. The molecule has 1 rings (SSSR count). The largest absolute Gasteiger partial charge is 0.479 e. The average molecular weight is 280 g/mol. The molecule has 19 heavy (non-hydrogen) atoms. The molecule has 108 valence electrons. The third-order valence-electron chi connectivity index (χ3n) is 2.97. The van der Waals surface area contributed by atoms with Crippen molar-refractivity contribution in [2.75, 3.05) is 0 Å². The Balaban J connectivity index is 0.00000154. The van der Waals surface area contributed by atoms with Crippen LogP contribution in [-0.2, 0) is 5.41 Å². The summed E-state index contributed by atoms with van der Waals surface area (Å²) in [4.78, 5) is 0. The molecule has 1 aromatic rings. The van der Waals surface area contributed by atoms with Gasteiger partial charge in [0.25, 0.3) is 0 Å². The van der Waals surface area contributed by atoms with Gasteiger partial charge >= 0.3 is 0 Å². The Labute approximate surface area is 121 Å². The molecule has 0 saturated heterocycles. The molecule has 1 unspecified atom stereocenters. The molecule has 0 aliphatic rings. The van der Waals surface area contributed by atoms with Crippen molar-refractivity contribution in [2.45, 2.75) is 59.8 Å². The molecule has 0 heterocycles. The van der Waals surface area contributed by atoms with Gasteiger partial charge in [0, 0.05) is 5.56 Å². The van der Waals surface area contributed by atoms with Crippen LogP contribution in [0.15, 0.2) is 18.7 Å². The molecule has 0 spiro atoms. The highest BCUT2D eigenvalue weighted by Gasteiger charge is 2.19. The summed E-state index contributed by atoms with van der Waals surface area (Å²) in [6.45, 7) is 18.9. The van der Waals surface area contributed by atoms with Gasteiger partial charge in [0.2, 0.25) is 0 Å². The van der Waals surface area contributed by atoms with Crippen LogP contribution in [0, 0.1) is 0 Å². The maximum atomic E-state index is 5.44. The molecular formula is C17H29OP. The predicted octanol–water partition coefficient (Wildman–Crippen LogP) is 5.95. The molecule has 0 radical (unpaired) electrons. The second-order valence-corrected chi connectivity index (χ2v) is 5.95. The number of benzene rings is 1. The topological polar surface area (TPSA) is 9.23 Å². The van der Waals surface area contributed by atoms with Crippen LogP contribution < -0.4 is 4.52 Å². The molecule has 1 nitrogen and oxygen atoms in total. The van der Waals surface area contributed by atoms with E-state index >= 15 is 0 Å². The minimum atomic E-state index is 0.140. The Morgan fingerprint density at radius 2 is 1.74 bits per heavy atom. The molecule has 0 saturated carbocycles. The lowest BCUT2D eigenvalue weighted by molar-refractivity contribution is 0.580. The molecule has 0 fully saturated rings. The lowest BCUT2D eigenvalue weighted by atomic mass is 9.83. The van der Waals surface area contributed by atoms with Crippen molar-refractivity contribution in [3.63, 3.8) is 0 Å². The summed E-state index contributed by atoms with van der Waals surface area (Å²) in [6.07, 6.45) is 1.86. The van der Waals surface area contributed by atoms with E-state index in [2.05, 4.69) is 62.8 Å². The Morgan fingerprint density at radius 3 is 2.05 bits per heavy atom. The Hall–Kier alpha value is -0.810. The average Bonchev–Trinajstić information content (AvgIpc) is 2.38. The van der Waals surface area contributed by atoms with Gasteiger partial charge in [-0.25, -0.2) is 0 Å². The van der Waals surface area contributed by atoms with Gasteiger partial charge in [0.05, 0.1) is 9.47 Å². The van der Waals surface area contributed by atoms with Crippen LogP contribution in [0.4, 0.5) is 0 Å². The van der Waals surface area contributed by atoms with E-state index in [0.29, 0.717) is 5.92 Å². The fourth-order valence-electron chi connectivity index (χ4n) is 1.82. The summed E-state index contributed by atoms with van der Waals surface area (Å²) in [7, 11) is 2.34. The Bertz CT molecular complexity index is 414. The van der Waals surface area contributed by atoms with Crippen molar-refractivity contribution in [3.8, 4) is 5.75 Å². The van der Waals surface area contributed by atoms with E-state index in [0.717, 1.165) is 11.3 Å². The Morgan fingerprint density at radius 1 is 1.21 bits per heavy atom. The molecule has 1 aromatic carbocycles. The van der Waals surface area contributed by atoms with Crippen LogP contribution in [0.3, 0.4) is 0 Å². The lowest BCUT2D eigenvalue weighted by Crippen LogP contribution is -2.12. The maximum Gasteiger partial charge on any atom is 0.133 e. The van der Waals surface area contributed by atoms with Gasteiger partial charge in [0.15, 0.2) is 0 Å². The van der Waals surface area contributed by atoms with Crippen molar-refractivity contribution < 1.29 is 4.52 Å². The summed E-state index contributed by atoms with van der Waals surface area (Å²) in [5.41, 5.74) is 3.77. The van der Waals surface area contributed by atoms with Gasteiger partial charge in [0.1, 0.15) is 5.75 Å². The zero-order chi connectivity index (χ0) is 15.2. The third kappa shape index (κ3) is 4.66. The first-order valence-corrected chi connectivity index (χ1v) is 7.46. The van der Waals surface area contributed by atoms with Gasteiger partial charge in [-0.2, -0.15) is 0 Å². The van der Waals surface area contributed by atoms with Crippen LogP contribution in [0.2, 0.25) is 0 Å². The van der Waals surface area contributed by atoms with E-state index in [9.17, 15) is 0 Å². The second kappa shape index (κ2) is 7.70.